The van der Waals surface area contributed by atoms with Crippen molar-refractivity contribution in [2.24, 2.45) is 0 Å². The Hall–Kier alpha value is -1.65. The molecule has 0 radical (unpaired) electrons. The van der Waals surface area contributed by atoms with Gasteiger partial charge in [-0.25, -0.2) is 0 Å². The van der Waals surface area contributed by atoms with E-state index in [-0.39, 0.29) is 12.4 Å². The average Bonchev–Trinajstić information content (AvgIpc) is 2.61. The first kappa shape index (κ1) is 9.44. The molecule has 0 amide bonds. The van der Waals surface area contributed by atoms with Crippen molar-refractivity contribution in [1.29, 1.82) is 0 Å². The maximum Gasteiger partial charge on any atom is 0.307 e. The predicted octanol–water partition coefficient (Wildman–Crippen LogP) is 0.259. The van der Waals surface area contributed by atoms with Gasteiger partial charge in [-0.15, -0.1) is 0 Å². The molecule has 5 nitrogen and oxygen atoms in total. The molecule has 0 fully saturated rings. The van der Waals surface area contributed by atoms with E-state index in [2.05, 4.69) is 9.84 Å². The van der Waals surface area contributed by atoms with Crippen LogP contribution in [0.15, 0.2) is 12.3 Å². The number of hydrogen-bond donors (Lipinski definition) is 0. The first-order valence-electron chi connectivity index (χ1n) is 3.81. The van der Waals surface area contributed by atoms with Crippen molar-refractivity contribution in [1.82, 2.24) is 9.78 Å². The minimum atomic E-state index is -0.289. The SMILES string of the molecule is COC(=O)CCn1ccc(C=O)n1. The number of rotatable bonds is 4. The molecule has 0 saturated heterocycles. The molecular weight excluding hydrogens is 172 g/mol. The Bertz CT molecular complexity index is 306. The fourth-order valence-corrected chi connectivity index (χ4v) is 0.873. The molecule has 1 heterocycles. The van der Waals surface area contributed by atoms with Crippen LogP contribution in [0.1, 0.15) is 16.9 Å². The molecule has 0 atom stereocenters. The van der Waals surface area contributed by atoms with E-state index in [1.165, 1.54) is 11.8 Å². The van der Waals surface area contributed by atoms with Crippen LogP contribution in [0, 0.1) is 0 Å². The number of aryl methyl sites for hydroxylation is 1. The molecule has 0 aliphatic rings. The van der Waals surface area contributed by atoms with E-state index in [4.69, 9.17) is 0 Å². The lowest BCUT2D eigenvalue weighted by Gasteiger charge is -1.98. The standard InChI is InChI=1S/C8H10N2O3/c1-13-8(12)3-5-10-4-2-7(6-11)9-10/h2,4,6H,3,5H2,1H3. The van der Waals surface area contributed by atoms with Crippen LogP contribution in [0.4, 0.5) is 0 Å². The molecule has 0 N–H and O–H groups in total. The molecule has 1 rings (SSSR count). The summed E-state index contributed by atoms with van der Waals surface area (Å²) in [5, 5.41) is 3.88. The van der Waals surface area contributed by atoms with Crippen LogP contribution >= 0.6 is 0 Å². The molecule has 0 bridgehead atoms. The van der Waals surface area contributed by atoms with Crippen LogP contribution in [0.3, 0.4) is 0 Å². The zero-order valence-corrected chi connectivity index (χ0v) is 7.27. The number of methoxy groups -OCH3 is 1. The molecule has 5 heteroatoms. The van der Waals surface area contributed by atoms with Gasteiger partial charge in [-0.1, -0.05) is 0 Å². The van der Waals surface area contributed by atoms with Crippen LogP contribution in [0.2, 0.25) is 0 Å². The number of aromatic nitrogens is 2. The van der Waals surface area contributed by atoms with Crippen molar-refractivity contribution >= 4 is 12.3 Å². The molecule has 0 saturated carbocycles. The third kappa shape index (κ3) is 2.70. The summed E-state index contributed by atoms with van der Waals surface area (Å²) >= 11 is 0. The molecule has 13 heavy (non-hydrogen) atoms. The summed E-state index contributed by atoms with van der Waals surface area (Å²) in [7, 11) is 1.34. The smallest absolute Gasteiger partial charge is 0.307 e. The van der Waals surface area contributed by atoms with E-state index in [1.54, 1.807) is 12.3 Å². The van der Waals surface area contributed by atoms with Crippen molar-refractivity contribution < 1.29 is 14.3 Å². The van der Waals surface area contributed by atoms with Gasteiger partial charge in [0.25, 0.3) is 0 Å². The van der Waals surface area contributed by atoms with Gasteiger partial charge in [-0.3, -0.25) is 14.3 Å². The Morgan fingerprint density at radius 1 is 1.77 bits per heavy atom. The quantitative estimate of drug-likeness (QED) is 0.495. The van der Waals surface area contributed by atoms with Crippen molar-refractivity contribution in [2.45, 2.75) is 13.0 Å². The highest BCUT2D eigenvalue weighted by atomic mass is 16.5. The third-order valence-electron chi connectivity index (χ3n) is 1.55. The van der Waals surface area contributed by atoms with Crippen LogP contribution in [0.5, 0.6) is 0 Å². The molecule has 70 valence electrons. The zero-order valence-electron chi connectivity index (χ0n) is 7.27. The minimum Gasteiger partial charge on any atom is -0.469 e. The maximum absolute atomic E-state index is 10.7. The van der Waals surface area contributed by atoms with Crippen molar-refractivity contribution in [3.8, 4) is 0 Å². The number of nitrogens with zero attached hydrogens (tertiary/aromatic N) is 2. The van der Waals surface area contributed by atoms with Crippen LogP contribution < -0.4 is 0 Å². The number of esters is 1. The third-order valence-corrected chi connectivity index (χ3v) is 1.55. The van der Waals surface area contributed by atoms with E-state index in [0.29, 0.717) is 18.5 Å². The van der Waals surface area contributed by atoms with Crippen LogP contribution in [0.25, 0.3) is 0 Å². The lowest BCUT2D eigenvalue weighted by Crippen LogP contribution is -2.07. The van der Waals surface area contributed by atoms with E-state index in [1.807, 2.05) is 0 Å². The van der Waals surface area contributed by atoms with Gasteiger partial charge in [0.05, 0.1) is 20.1 Å². The molecule has 0 aliphatic heterocycles. The van der Waals surface area contributed by atoms with Gasteiger partial charge in [-0.2, -0.15) is 5.10 Å². The number of ether oxygens (including phenoxy) is 1. The number of aldehydes is 1. The highest BCUT2D eigenvalue weighted by Gasteiger charge is 2.01. The minimum absolute atomic E-state index is 0.260. The molecule has 0 spiro atoms. The summed E-state index contributed by atoms with van der Waals surface area (Å²) in [5.41, 5.74) is 0.366. The fourth-order valence-electron chi connectivity index (χ4n) is 0.873. The summed E-state index contributed by atoms with van der Waals surface area (Å²) in [6, 6.07) is 1.59. The van der Waals surface area contributed by atoms with Crippen molar-refractivity contribution in [2.75, 3.05) is 7.11 Å². The van der Waals surface area contributed by atoms with E-state index >= 15 is 0 Å². The summed E-state index contributed by atoms with van der Waals surface area (Å²) in [6.07, 6.45) is 2.57. The second-order valence-electron chi connectivity index (χ2n) is 2.45. The number of carbonyl (C=O) groups is 2. The highest BCUT2D eigenvalue weighted by Crippen LogP contribution is 1.94. The number of hydrogen-bond acceptors (Lipinski definition) is 4. The Labute approximate surface area is 75.3 Å². The molecule has 1 aromatic heterocycles. The first-order chi connectivity index (χ1) is 6.26. The highest BCUT2D eigenvalue weighted by molar-refractivity contribution is 5.71. The second kappa shape index (κ2) is 4.39. The first-order valence-corrected chi connectivity index (χ1v) is 3.81. The van der Waals surface area contributed by atoms with Gasteiger partial charge in [0.2, 0.25) is 0 Å². The van der Waals surface area contributed by atoms with Crippen LogP contribution in [-0.2, 0) is 16.1 Å². The maximum atomic E-state index is 10.7. The Morgan fingerprint density at radius 3 is 3.08 bits per heavy atom. The summed E-state index contributed by atoms with van der Waals surface area (Å²) in [4.78, 5) is 21.0. The fraction of sp³-hybridized carbons (Fsp3) is 0.375. The van der Waals surface area contributed by atoms with Gasteiger partial charge < -0.3 is 4.74 Å². The monoisotopic (exact) mass is 182 g/mol. The molecule has 0 aliphatic carbocycles. The molecule has 0 unspecified atom stereocenters. The van der Waals surface area contributed by atoms with Gasteiger partial charge in [-0.05, 0) is 6.07 Å². The summed E-state index contributed by atoms with van der Waals surface area (Å²) < 4.78 is 5.98. The van der Waals surface area contributed by atoms with Gasteiger partial charge in [0.15, 0.2) is 6.29 Å². The Morgan fingerprint density at radius 2 is 2.54 bits per heavy atom. The zero-order chi connectivity index (χ0) is 9.68. The molecular formula is C8H10N2O3. The Kier molecular flexibility index (Phi) is 3.19. The topological polar surface area (TPSA) is 61.2 Å². The van der Waals surface area contributed by atoms with Crippen LogP contribution in [-0.4, -0.2) is 29.1 Å². The van der Waals surface area contributed by atoms with Crippen molar-refractivity contribution in [3.05, 3.63) is 18.0 Å². The lowest BCUT2D eigenvalue weighted by molar-refractivity contribution is -0.140. The normalized spacial score (nSPS) is 9.62. The average molecular weight is 182 g/mol. The molecule has 1 aromatic rings. The van der Waals surface area contributed by atoms with Gasteiger partial charge >= 0.3 is 5.97 Å². The summed E-state index contributed by atoms with van der Waals surface area (Å²) in [6.45, 7) is 0.431. The molecule has 0 aromatic carbocycles. The largest absolute Gasteiger partial charge is 0.469 e. The Balaban J connectivity index is 2.45. The predicted molar refractivity (Wildman–Crippen MR) is 44.2 cm³/mol. The van der Waals surface area contributed by atoms with Gasteiger partial charge in [0, 0.05) is 6.20 Å². The second-order valence-corrected chi connectivity index (χ2v) is 2.45. The lowest BCUT2D eigenvalue weighted by atomic mass is 10.4. The van der Waals surface area contributed by atoms with E-state index < -0.39 is 0 Å². The summed E-state index contributed by atoms with van der Waals surface area (Å²) in [5.74, 6) is -0.289. The van der Waals surface area contributed by atoms with E-state index in [9.17, 15) is 9.59 Å². The van der Waals surface area contributed by atoms with Crippen molar-refractivity contribution in [3.63, 3.8) is 0 Å². The van der Waals surface area contributed by atoms with Gasteiger partial charge in [0.1, 0.15) is 5.69 Å². The van der Waals surface area contributed by atoms with E-state index in [0.717, 1.165) is 0 Å². The number of carbonyl (C=O) groups excluding carboxylic acids is 2.